The van der Waals surface area contributed by atoms with Gasteiger partial charge in [-0.25, -0.2) is 4.79 Å². The van der Waals surface area contributed by atoms with Gasteiger partial charge in [0.2, 0.25) is 0 Å². The van der Waals surface area contributed by atoms with Crippen LogP contribution in [-0.2, 0) is 4.74 Å². The molecular weight excluding hydrogens is 224 g/mol. The molecule has 0 aromatic heterocycles. The second-order valence-corrected chi connectivity index (χ2v) is 5.83. The maximum atomic E-state index is 11.6. The van der Waals surface area contributed by atoms with Gasteiger partial charge in [-0.05, 0) is 19.3 Å². The number of ether oxygens (including phenoxy) is 1. The van der Waals surface area contributed by atoms with Crippen LogP contribution in [-0.4, -0.2) is 59.3 Å². The highest BCUT2D eigenvalue weighted by Crippen LogP contribution is 2.41. The summed E-state index contributed by atoms with van der Waals surface area (Å²) in [6.45, 7) is 4.12. The quantitative estimate of drug-likeness (QED) is 0.692. The molecule has 3 aliphatic rings. The lowest BCUT2D eigenvalue weighted by molar-refractivity contribution is 0.109. The van der Waals surface area contributed by atoms with E-state index in [-0.39, 0.29) is 6.09 Å². The zero-order valence-electron chi connectivity index (χ0n) is 9.59. The molecule has 0 N–H and O–H groups in total. The van der Waals surface area contributed by atoms with Crippen molar-refractivity contribution < 1.29 is 9.53 Å². The molecule has 0 aromatic carbocycles. The highest BCUT2D eigenvalue weighted by atomic mass is 32.2. The molecule has 16 heavy (non-hydrogen) atoms. The SMILES string of the molecule is CCOC(=O)N1CC2CC3CSCN3C2C1. The topological polar surface area (TPSA) is 32.8 Å². The van der Waals surface area contributed by atoms with Gasteiger partial charge in [-0.2, -0.15) is 0 Å². The van der Waals surface area contributed by atoms with Gasteiger partial charge in [-0.15, -0.1) is 11.8 Å². The van der Waals surface area contributed by atoms with Crippen LogP contribution in [0.3, 0.4) is 0 Å². The minimum Gasteiger partial charge on any atom is -0.450 e. The second-order valence-electron chi connectivity index (χ2n) is 4.83. The predicted molar refractivity (Wildman–Crippen MR) is 63.4 cm³/mol. The first-order valence-corrected chi connectivity index (χ1v) is 7.20. The maximum Gasteiger partial charge on any atom is 0.409 e. The fourth-order valence-corrected chi connectivity index (χ4v) is 4.56. The Morgan fingerprint density at radius 2 is 2.38 bits per heavy atom. The largest absolute Gasteiger partial charge is 0.450 e. The molecule has 0 aliphatic carbocycles. The van der Waals surface area contributed by atoms with E-state index >= 15 is 0 Å². The number of hydrogen-bond acceptors (Lipinski definition) is 4. The fourth-order valence-electron chi connectivity index (χ4n) is 3.24. The Morgan fingerprint density at radius 1 is 1.50 bits per heavy atom. The number of likely N-dealkylation sites (tertiary alicyclic amines) is 1. The van der Waals surface area contributed by atoms with Crippen LogP contribution in [0.25, 0.3) is 0 Å². The Labute approximate surface area is 100 Å². The minimum absolute atomic E-state index is 0.125. The van der Waals surface area contributed by atoms with Gasteiger partial charge >= 0.3 is 6.09 Å². The Balaban J connectivity index is 1.64. The summed E-state index contributed by atoms with van der Waals surface area (Å²) in [6.07, 6.45) is 1.15. The number of thioether (sulfide) groups is 1. The van der Waals surface area contributed by atoms with E-state index in [1.165, 1.54) is 12.2 Å². The van der Waals surface area contributed by atoms with Crippen LogP contribution in [0.4, 0.5) is 4.79 Å². The molecule has 3 unspecified atom stereocenters. The Kier molecular flexibility index (Phi) is 2.75. The number of carbonyl (C=O) groups excluding carboxylic acids is 1. The van der Waals surface area contributed by atoms with Crippen molar-refractivity contribution in [3.05, 3.63) is 0 Å². The number of fused-ring (bicyclic) bond motifs is 3. The van der Waals surface area contributed by atoms with Crippen LogP contribution in [0.15, 0.2) is 0 Å². The van der Waals surface area contributed by atoms with Gasteiger partial charge < -0.3 is 9.64 Å². The molecule has 0 radical (unpaired) electrons. The predicted octanol–water partition coefficient (Wildman–Crippen LogP) is 1.22. The zero-order valence-corrected chi connectivity index (χ0v) is 10.4. The Bertz CT molecular complexity index is 300. The van der Waals surface area contributed by atoms with Crippen LogP contribution in [0.5, 0.6) is 0 Å². The third-order valence-corrected chi connectivity index (χ3v) is 5.05. The standard InChI is InChI=1S/C11H18N2O2S/c1-2-15-11(14)12-4-8-3-9-6-16-7-13(9)10(8)5-12/h8-10H,2-7H2,1H3. The second kappa shape index (κ2) is 4.11. The molecule has 0 saturated carbocycles. The van der Waals surface area contributed by atoms with E-state index in [1.54, 1.807) is 0 Å². The summed E-state index contributed by atoms with van der Waals surface area (Å²) in [5, 5.41) is 0. The van der Waals surface area contributed by atoms with Crippen LogP contribution >= 0.6 is 11.8 Å². The number of hydrogen-bond donors (Lipinski definition) is 0. The summed E-state index contributed by atoms with van der Waals surface area (Å²) in [4.78, 5) is 16.1. The van der Waals surface area contributed by atoms with Crippen molar-refractivity contribution in [3.63, 3.8) is 0 Å². The van der Waals surface area contributed by atoms with E-state index in [4.69, 9.17) is 4.74 Å². The summed E-state index contributed by atoms with van der Waals surface area (Å²) < 4.78 is 5.07. The summed E-state index contributed by atoms with van der Waals surface area (Å²) >= 11 is 2.03. The molecule has 3 rings (SSSR count). The van der Waals surface area contributed by atoms with Crippen LogP contribution < -0.4 is 0 Å². The average molecular weight is 242 g/mol. The van der Waals surface area contributed by atoms with Crippen LogP contribution in [0.2, 0.25) is 0 Å². The molecule has 1 amide bonds. The third kappa shape index (κ3) is 1.61. The van der Waals surface area contributed by atoms with Crippen molar-refractivity contribution in [1.82, 2.24) is 9.80 Å². The summed E-state index contributed by atoms with van der Waals surface area (Å²) in [5.74, 6) is 3.13. The number of nitrogens with zero attached hydrogens (tertiary/aromatic N) is 2. The summed E-state index contributed by atoms with van der Waals surface area (Å²) in [7, 11) is 0. The van der Waals surface area contributed by atoms with Gasteiger partial charge in [-0.3, -0.25) is 4.90 Å². The molecule has 0 spiro atoms. The molecule has 5 heteroatoms. The number of carbonyl (C=O) groups is 1. The van der Waals surface area contributed by atoms with Gasteiger partial charge in [-0.1, -0.05) is 0 Å². The van der Waals surface area contributed by atoms with E-state index in [0.29, 0.717) is 18.6 Å². The lowest BCUT2D eigenvalue weighted by atomic mass is 10.0. The molecule has 3 atom stereocenters. The third-order valence-electron chi connectivity index (χ3n) is 3.95. The van der Waals surface area contributed by atoms with Gasteiger partial charge in [0, 0.05) is 36.8 Å². The van der Waals surface area contributed by atoms with Crippen molar-refractivity contribution in [2.45, 2.75) is 25.4 Å². The normalized spacial score (nSPS) is 37.6. The first-order chi connectivity index (χ1) is 7.79. The van der Waals surface area contributed by atoms with Crippen molar-refractivity contribution in [2.75, 3.05) is 31.3 Å². The van der Waals surface area contributed by atoms with E-state index in [9.17, 15) is 4.79 Å². The van der Waals surface area contributed by atoms with Gasteiger partial charge in [0.1, 0.15) is 0 Å². The molecule has 90 valence electrons. The summed E-state index contributed by atoms with van der Waals surface area (Å²) in [6, 6.07) is 1.38. The van der Waals surface area contributed by atoms with Gasteiger partial charge in [0.15, 0.2) is 0 Å². The first kappa shape index (κ1) is 10.7. The summed E-state index contributed by atoms with van der Waals surface area (Å²) in [5.41, 5.74) is 0. The minimum atomic E-state index is -0.125. The fraction of sp³-hybridized carbons (Fsp3) is 0.909. The van der Waals surface area contributed by atoms with E-state index < -0.39 is 0 Å². The molecule has 0 aromatic rings. The van der Waals surface area contributed by atoms with Gasteiger partial charge in [0.25, 0.3) is 0 Å². The molecule has 0 bridgehead atoms. The number of amides is 1. The molecule has 4 nitrogen and oxygen atoms in total. The monoisotopic (exact) mass is 242 g/mol. The van der Waals surface area contributed by atoms with Crippen molar-refractivity contribution >= 4 is 17.9 Å². The van der Waals surface area contributed by atoms with Crippen LogP contribution in [0, 0.1) is 5.92 Å². The molecule has 3 saturated heterocycles. The average Bonchev–Trinajstić information content (AvgIpc) is 2.87. The number of rotatable bonds is 1. The van der Waals surface area contributed by atoms with E-state index in [0.717, 1.165) is 25.0 Å². The molecule has 3 heterocycles. The molecular formula is C11H18N2O2S. The highest BCUT2D eigenvalue weighted by Gasteiger charge is 2.49. The van der Waals surface area contributed by atoms with E-state index in [1.807, 2.05) is 23.6 Å². The molecule has 3 aliphatic heterocycles. The maximum absolute atomic E-state index is 11.6. The lowest BCUT2D eigenvalue weighted by Crippen LogP contribution is -2.38. The Morgan fingerprint density at radius 3 is 3.19 bits per heavy atom. The van der Waals surface area contributed by atoms with Crippen molar-refractivity contribution in [3.8, 4) is 0 Å². The zero-order chi connectivity index (χ0) is 11.1. The van der Waals surface area contributed by atoms with Crippen molar-refractivity contribution in [1.29, 1.82) is 0 Å². The molecule has 3 fully saturated rings. The smallest absolute Gasteiger partial charge is 0.409 e. The van der Waals surface area contributed by atoms with Crippen LogP contribution in [0.1, 0.15) is 13.3 Å². The lowest BCUT2D eigenvalue weighted by Gasteiger charge is -2.23. The van der Waals surface area contributed by atoms with Gasteiger partial charge in [0.05, 0.1) is 6.61 Å². The first-order valence-electron chi connectivity index (χ1n) is 6.04. The highest BCUT2D eigenvalue weighted by molar-refractivity contribution is 7.99. The van der Waals surface area contributed by atoms with Crippen molar-refractivity contribution in [2.24, 2.45) is 5.92 Å². The van der Waals surface area contributed by atoms with E-state index in [2.05, 4.69) is 4.90 Å². The Hall–Kier alpha value is -0.420.